The molecule has 0 spiro atoms. The van der Waals surface area contributed by atoms with E-state index in [1.807, 2.05) is 43.3 Å². The Bertz CT molecular complexity index is 857. The van der Waals surface area contributed by atoms with Gasteiger partial charge in [-0.1, -0.05) is 41.9 Å². The van der Waals surface area contributed by atoms with Gasteiger partial charge in [0.1, 0.15) is 11.6 Å². The topological polar surface area (TPSA) is 71.3 Å². The second kappa shape index (κ2) is 8.93. The van der Waals surface area contributed by atoms with E-state index in [4.69, 9.17) is 21.1 Å². The van der Waals surface area contributed by atoms with Crippen molar-refractivity contribution in [2.75, 3.05) is 14.2 Å². The Labute approximate surface area is 157 Å². The van der Waals surface area contributed by atoms with Crippen LogP contribution in [0.3, 0.4) is 0 Å². The van der Waals surface area contributed by atoms with Crippen molar-refractivity contribution in [3.05, 3.63) is 64.2 Å². The van der Waals surface area contributed by atoms with E-state index in [0.717, 1.165) is 5.56 Å². The Morgan fingerprint density at radius 3 is 2.50 bits per heavy atom. The zero-order chi connectivity index (χ0) is 19.1. The van der Waals surface area contributed by atoms with Crippen LogP contribution in [-0.2, 0) is 4.79 Å². The normalized spacial score (nSPS) is 12.0. The van der Waals surface area contributed by atoms with Crippen LogP contribution in [0.5, 0.6) is 11.5 Å². The summed E-state index contributed by atoms with van der Waals surface area (Å²) in [5.41, 5.74) is 1.48. The molecule has 134 valence electrons. The number of methoxy groups -OCH3 is 2. The lowest BCUT2D eigenvalue weighted by molar-refractivity contribution is -0.117. The molecule has 0 aliphatic heterocycles. The fourth-order valence-corrected chi connectivity index (χ4v) is 2.73. The number of ether oxygens (including phenoxy) is 2. The number of carbonyl (C=O) groups is 1. The minimum absolute atomic E-state index is 0.0314. The molecule has 0 radical (unpaired) electrons. The molecule has 2 aromatic carbocycles. The van der Waals surface area contributed by atoms with Gasteiger partial charge in [-0.05, 0) is 36.3 Å². The summed E-state index contributed by atoms with van der Waals surface area (Å²) in [6.45, 7) is 1.86. The Morgan fingerprint density at radius 2 is 1.92 bits per heavy atom. The first-order valence-electron chi connectivity index (χ1n) is 7.89. The van der Waals surface area contributed by atoms with Gasteiger partial charge >= 0.3 is 0 Å². The molecular formula is C20H19ClN2O3. The van der Waals surface area contributed by atoms with Crippen LogP contribution in [-0.4, -0.2) is 20.1 Å². The van der Waals surface area contributed by atoms with Gasteiger partial charge in [-0.15, -0.1) is 0 Å². The lowest BCUT2D eigenvalue weighted by atomic mass is 10.1. The van der Waals surface area contributed by atoms with Crippen LogP contribution in [0.15, 0.2) is 48.0 Å². The van der Waals surface area contributed by atoms with Gasteiger partial charge in [-0.25, -0.2) is 0 Å². The highest BCUT2D eigenvalue weighted by atomic mass is 35.5. The highest BCUT2D eigenvalue weighted by Crippen LogP contribution is 2.36. The lowest BCUT2D eigenvalue weighted by Crippen LogP contribution is -2.27. The van der Waals surface area contributed by atoms with Gasteiger partial charge in [0.2, 0.25) is 0 Å². The molecule has 0 saturated carbocycles. The van der Waals surface area contributed by atoms with Crippen molar-refractivity contribution in [3.63, 3.8) is 0 Å². The largest absolute Gasteiger partial charge is 0.493 e. The maximum absolute atomic E-state index is 12.4. The predicted molar refractivity (Wildman–Crippen MR) is 101 cm³/mol. The molecule has 0 bridgehead atoms. The van der Waals surface area contributed by atoms with Crippen molar-refractivity contribution in [3.8, 4) is 17.6 Å². The Hall–Kier alpha value is -2.97. The van der Waals surface area contributed by atoms with E-state index < -0.39 is 5.91 Å². The highest BCUT2D eigenvalue weighted by Gasteiger charge is 2.15. The van der Waals surface area contributed by atoms with Crippen molar-refractivity contribution >= 4 is 23.6 Å². The maximum Gasteiger partial charge on any atom is 0.262 e. The van der Waals surface area contributed by atoms with Crippen molar-refractivity contribution in [2.45, 2.75) is 13.0 Å². The number of halogens is 1. The third-order valence-corrected chi connectivity index (χ3v) is 4.06. The lowest BCUT2D eigenvalue weighted by Gasteiger charge is -2.14. The standard InChI is InChI=1S/C20H19ClN2O3/c1-13(15-7-5-4-6-8-15)23-20(24)16(12-22)9-14-10-17(21)19(26-3)18(11-14)25-2/h4-11,13H,1-3H3,(H,23,24)/b16-9-/t13-/m0/s1. The van der Waals surface area contributed by atoms with Crippen LogP contribution >= 0.6 is 11.6 Å². The third kappa shape index (κ3) is 4.56. The van der Waals surface area contributed by atoms with Crippen molar-refractivity contribution in [1.82, 2.24) is 5.32 Å². The Balaban J connectivity index is 2.26. The molecular weight excluding hydrogens is 352 g/mol. The van der Waals surface area contributed by atoms with Gasteiger partial charge in [-0.3, -0.25) is 4.79 Å². The monoisotopic (exact) mass is 370 g/mol. The third-order valence-electron chi connectivity index (χ3n) is 3.78. The van der Waals surface area contributed by atoms with Crippen LogP contribution in [0.1, 0.15) is 24.1 Å². The smallest absolute Gasteiger partial charge is 0.262 e. The molecule has 2 aromatic rings. The number of carbonyl (C=O) groups excluding carboxylic acids is 1. The molecule has 26 heavy (non-hydrogen) atoms. The van der Waals surface area contributed by atoms with Crippen LogP contribution in [0.2, 0.25) is 5.02 Å². The van der Waals surface area contributed by atoms with Gasteiger partial charge in [0.15, 0.2) is 11.5 Å². The Kier molecular flexibility index (Phi) is 6.65. The van der Waals surface area contributed by atoms with E-state index in [9.17, 15) is 10.1 Å². The van der Waals surface area contributed by atoms with Crippen LogP contribution in [0.25, 0.3) is 6.08 Å². The number of nitrogens with one attached hydrogen (secondary N) is 1. The first-order valence-corrected chi connectivity index (χ1v) is 8.27. The molecule has 0 unspecified atom stereocenters. The minimum atomic E-state index is -0.463. The first kappa shape index (κ1) is 19.4. The summed E-state index contributed by atoms with van der Waals surface area (Å²) < 4.78 is 10.4. The number of hydrogen-bond acceptors (Lipinski definition) is 4. The van der Waals surface area contributed by atoms with Crippen molar-refractivity contribution in [2.24, 2.45) is 0 Å². The number of rotatable bonds is 6. The second-order valence-corrected chi connectivity index (χ2v) is 5.92. The average molecular weight is 371 g/mol. The van der Waals surface area contributed by atoms with Crippen LogP contribution in [0, 0.1) is 11.3 Å². The number of nitrogens with zero attached hydrogens (tertiary/aromatic N) is 1. The number of benzene rings is 2. The highest BCUT2D eigenvalue weighted by molar-refractivity contribution is 6.32. The number of hydrogen-bond donors (Lipinski definition) is 1. The molecule has 1 atom stereocenters. The molecule has 0 aliphatic carbocycles. The quantitative estimate of drug-likeness (QED) is 0.612. The molecule has 1 amide bonds. The maximum atomic E-state index is 12.4. The van der Waals surface area contributed by atoms with E-state index in [0.29, 0.717) is 22.1 Å². The minimum Gasteiger partial charge on any atom is -0.493 e. The number of amides is 1. The molecule has 0 fully saturated rings. The molecule has 0 heterocycles. The fraction of sp³-hybridized carbons (Fsp3) is 0.200. The summed E-state index contributed by atoms with van der Waals surface area (Å²) in [6.07, 6.45) is 1.46. The summed E-state index contributed by atoms with van der Waals surface area (Å²) in [5.74, 6) is 0.350. The van der Waals surface area contributed by atoms with E-state index in [1.54, 1.807) is 12.1 Å². The van der Waals surface area contributed by atoms with Gasteiger partial charge in [0.05, 0.1) is 25.3 Å². The van der Waals surface area contributed by atoms with E-state index in [1.165, 1.54) is 20.3 Å². The zero-order valence-corrected chi connectivity index (χ0v) is 15.5. The van der Waals surface area contributed by atoms with Gasteiger partial charge in [0.25, 0.3) is 5.91 Å². The van der Waals surface area contributed by atoms with E-state index >= 15 is 0 Å². The summed E-state index contributed by atoms with van der Waals surface area (Å²) in [4.78, 5) is 12.4. The first-order chi connectivity index (χ1) is 12.5. The molecule has 6 heteroatoms. The average Bonchev–Trinajstić information content (AvgIpc) is 2.66. The summed E-state index contributed by atoms with van der Waals surface area (Å²) in [6, 6.07) is 14.5. The molecule has 0 saturated heterocycles. The van der Waals surface area contributed by atoms with Crippen molar-refractivity contribution < 1.29 is 14.3 Å². The fourth-order valence-electron chi connectivity index (χ4n) is 2.44. The van der Waals surface area contributed by atoms with Crippen molar-refractivity contribution in [1.29, 1.82) is 5.26 Å². The molecule has 0 aliphatic rings. The summed E-state index contributed by atoms with van der Waals surface area (Å²) in [5, 5.41) is 12.5. The van der Waals surface area contributed by atoms with Crippen LogP contribution in [0.4, 0.5) is 0 Å². The van der Waals surface area contributed by atoms with Gasteiger partial charge in [0, 0.05) is 0 Å². The van der Waals surface area contributed by atoms with Gasteiger partial charge in [-0.2, -0.15) is 5.26 Å². The summed E-state index contributed by atoms with van der Waals surface area (Å²) >= 11 is 6.17. The van der Waals surface area contributed by atoms with Gasteiger partial charge < -0.3 is 14.8 Å². The predicted octanol–water partition coefficient (Wildman–Crippen LogP) is 4.14. The SMILES string of the molecule is COc1cc(/C=C(/C#N)C(=O)N[C@@H](C)c2ccccc2)cc(Cl)c1OC. The molecule has 5 nitrogen and oxygen atoms in total. The molecule has 1 N–H and O–H groups in total. The summed E-state index contributed by atoms with van der Waals surface area (Å²) in [7, 11) is 2.97. The molecule has 2 rings (SSSR count). The van der Waals surface area contributed by atoms with E-state index in [-0.39, 0.29) is 11.6 Å². The van der Waals surface area contributed by atoms with Crippen LogP contribution < -0.4 is 14.8 Å². The zero-order valence-electron chi connectivity index (χ0n) is 14.7. The number of nitriles is 1. The van der Waals surface area contributed by atoms with E-state index in [2.05, 4.69) is 5.32 Å². The molecule has 0 aromatic heterocycles. The second-order valence-electron chi connectivity index (χ2n) is 5.51. The Morgan fingerprint density at radius 1 is 1.23 bits per heavy atom.